The summed E-state index contributed by atoms with van der Waals surface area (Å²) in [5.74, 6) is -2.10. The van der Waals surface area contributed by atoms with Crippen LogP contribution in [0.2, 0.25) is 0 Å². The number of ether oxygens (including phenoxy) is 3. The van der Waals surface area contributed by atoms with Crippen LogP contribution in [-0.4, -0.2) is 82.7 Å². The van der Waals surface area contributed by atoms with E-state index in [-0.39, 0.29) is 37.9 Å². The molecule has 1 aliphatic heterocycles. The predicted molar refractivity (Wildman–Crippen MR) is 146 cm³/mol. The minimum atomic E-state index is -4.13. The number of hydrogen-bond donors (Lipinski definition) is 3. The lowest BCUT2D eigenvalue weighted by atomic mass is 10.0. The normalized spacial score (nSPS) is 14.4. The molecule has 0 atom stereocenters. The summed E-state index contributed by atoms with van der Waals surface area (Å²) in [6, 6.07) is 6.55. The van der Waals surface area contributed by atoms with Crippen LogP contribution in [-0.2, 0) is 55.4 Å². The van der Waals surface area contributed by atoms with Crippen molar-refractivity contribution in [3.8, 4) is 0 Å². The van der Waals surface area contributed by atoms with E-state index in [1.54, 1.807) is 24.3 Å². The van der Waals surface area contributed by atoms with Gasteiger partial charge < -0.3 is 34.2 Å². The molecule has 1 aromatic carbocycles. The van der Waals surface area contributed by atoms with Crippen LogP contribution >= 0.6 is 7.60 Å². The molecule has 14 heteroatoms. The highest BCUT2D eigenvalue weighted by Gasteiger charge is 2.33. The van der Waals surface area contributed by atoms with Gasteiger partial charge in [0.2, 0.25) is 5.91 Å². The topological polar surface area (TPSA) is 178 Å². The number of carbonyl (C=O) groups is 4. The minimum Gasteiger partial charge on any atom is -0.375 e. The highest BCUT2D eigenvalue weighted by molar-refractivity contribution is 7.50. The largest absolute Gasteiger partial charge is 0.375 e. The number of rotatable bonds is 18. The third-order valence-corrected chi connectivity index (χ3v) is 6.93. The van der Waals surface area contributed by atoms with Crippen molar-refractivity contribution in [3.05, 3.63) is 35.4 Å². The summed E-state index contributed by atoms with van der Waals surface area (Å²) in [5, 5.41) is 3.28. The number of hydroxylamine groups is 2. The van der Waals surface area contributed by atoms with E-state index in [0.717, 1.165) is 5.56 Å². The Kier molecular flexibility index (Phi) is 13.1. The number of nitrogens with one attached hydrogen (secondary N) is 1. The Hall–Kier alpha value is -2.67. The van der Waals surface area contributed by atoms with Crippen LogP contribution in [0.1, 0.15) is 64.5 Å². The number of hydrogen-bond acceptors (Lipinski definition) is 9. The summed E-state index contributed by atoms with van der Waals surface area (Å²) >= 11 is 0. The van der Waals surface area contributed by atoms with Gasteiger partial charge in [-0.05, 0) is 51.7 Å². The SMILES string of the molecule is CC(C)(CCOCC(=O)ON1C(=O)CCC1=O)OCCC(C)(C)OCCNC(=O)Cc1ccc(CP(=O)(O)O)cc1. The molecule has 2 rings (SSSR count). The molecule has 1 aliphatic rings. The first-order chi connectivity index (χ1) is 19.1. The quantitative estimate of drug-likeness (QED) is 0.128. The van der Waals surface area contributed by atoms with Gasteiger partial charge in [0.1, 0.15) is 6.61 Å². The van der Waals surface area contributed by atoms with E-state index in [0.29, 0.717) is 43.2 Å². The van der Waals surface area contributed by atoms with E-state index in [1.807, 2.05) is 27.7 Å². The van der Waals surface area contributed by atoms with E-state index >= 15 is 0 Å². The number of nitrogens with zero attached hydrogens (tertiary/aromatic N) is 1. The Morgan fingerprint density at radius 1 is 0.902 bits per heavy atom. The van der Waals surface area contributed by atoms with Crippen molar-refractivity contribution in [3.63, 3.8) is 0 Å². The first-order valence-corrected chi connectivity index (χ1v) is 15.2. The molecule has 0 bridgehead atoms. The maximum Gasteiger partial charge on any atom is 0.358 e. The Morgan fingerprint density at radius 3 is 2.02 bits per heavy atom. The summed E-state index contributed by atoms with van der Waals surface area (Å²) < 4.78 is 28.3. The Morgan fingerprint density at radius 2 is 1.44 bits per heavy atom. The lowest BCUT2D eigenvalue weighted by Crippen LogP contribution is -2.35. The summed E-state index contributed by atoms with van der Waals surface area (Å²) in [6.07, 6.45) is 0.946. The molecular formula is C27H41N2O11P. The fraction of sp³-hybridized carbons (Fsp3) is 0.630. The van der Waals surface area contributed by atoms with Crippen molar-refractivity contribution in [1.29, 1.82) is 0 Å². The second-order valence-electron chi connectivity index (χ2n) is 11.0. The number of benzene rings is 1. The van der Waals surface area contributed by atoms with Crippen LogP contribution < -0.4 is 5.32 Å². The fourth-order valence-electron chi connectivity index (χ4n) is 3.74. The van der Waals surface area contributed by atoms with Crippen molar-refractivity contribution < 1.29 is 52.6 Å². The van der Waals surface area contributed by atoms with Crippen molar-refractivity contribution in [2.24, 2.45) is 0 Å². The molecule has 1 fully saturated rings. The van der Waals surface area contributed by atoms with Crippen molar-refractivity contribution in [1.82, 2.24) is 10.4 Å². The molecule has 1 heterocycles. The highest BCUT2D eigenvalue weighted by Crippen LogP contribution is 2.38. The first kappa shape index (κ1) is 34.5. The molecule has 13 nitrogen and oxygen atoms in total. The lowest BCUT2D eigenvalue weighted by molar-refractivity contribution is -0.200. The van der Waals surface area contributed by atoms with Crippen LogP contribution in [0.25, 0.3) is 0 Å². The van der Waals surface area contributed by atoms with Gasteiger partial charge in [-0.3, -0.25) is 18.9 Å². The van der Waals surface area contributed by atoms with Gasteiger partial charge in [-0.2, -0.15) is 0 Å². The Bertz CT molecular complexity index is 1080. The zero-order chi connectivity index (χ0) is 30.7. The van der Waals surface area contributed by atoms with Crippen molar-refractivity contribution in [2.75, 3.05) is 33.0 Å². The van der Waals surface area contributed by atoms with Gasteiger partial charge >= 0.3 is 13.6 Å². The lowest BCUT2D eigenvalue weighted by Gasteiger charge is -2.29. The molecule has 0 aliphatic carbocycles. The van der Waals surface area contributed by atoms with Gasteiger partial charge in [-0.15, -0.1) is 5.06 Å². The number of carbonyl (C=O) groups excluding carboxylic acids is 4. The highest BCUT2D eigenvalue weighted by atomic mass is 31.2. The predicted octanol–water partition coefficient (Wildman–Crippen LogP) is 2.02. The molecule has 230 valence electrons. The van der Waals surface area contributed by atoms with Gasteiger partial charge in [0.15, 0.2) is 0 Å². The average Bonchev–Trinajstić information content (AvgIpc) is 3.17. The third-order valence-electron chi connectivity index (χ3n) is 6.16. The fourth-order valence-corrected chi connectivity index (χ4v) is 4.43. The maximum absolute atomic E-state index is 12.2. The molecule has 41 heavy (non-hydrogen) atoms. The standard InChI is InChI=1S/C27H41N2O11P/c1-26(2,11-14-37-18-25(33)40-29-23(31)9-10-24(29)32)38-15-12-27(3,4)39-16-13-28-22(30)17-20-5-7-21(8-6-20)19-41(34,35)36/h5-8H,9-19H2,1-4H3,(H,28,30)(H2,34,35,36). The second-order valence-corrected chi connectivity index (χ2v) is 12.6. The van der Waals surface area contributed by atoms with Gasteiger partial charge in [0, 0.05) is 19.4 Å². The van der Waals surface area contributed by atoms with Crippen molar-refractivity contribution in [2.45, 2.75) is 77.2 Å². The summed E-state index contributed by atoms with van der Waals surface area (Å²) in [4.78, 5) is 69.8. The van der Waals surface area contributed by atoms with Gasteiger partial charge in [0.05, 0.1) is 43.6 Å². The molecule has 3 amide bonds. The molecular weight excluding hydrogens is 559 g/mol. The molecule has 3 N–H and O–H groups in total. The number of amides is 3. The zero-order valence-electron chi connectivity index (χ0n) is 24.1. The number of imide groups is 1. The van der Waals surface area contributed by atoms with Crippen LogP contribution in [0, 0.1) is 0 Å². The minimum absolute atomic E-state index is 0.0290. The summed E-state index contributed by atoms with van der Waals surface area (Å²) in [5.41, 5.74) is 0.203. The van der Waals surface area contributed by atoms with Crippen LogP contribution in [0.5, 0.6) is 0 Å². The first-order valence-electron chi connectivity index (χ1n) is 13.4. The zero-order valence-corrected chi connectivity index (χ0v) is 24.9. The molecule has 1 saturated heterocycles. The summed E-state index contributed by atoms with van der Waals surface area (Å²) in [6.45, 7) is 8.50. The molecule has 0 aromatic heterocycles. The van der Waals surface area contributed by atoms with Crippen molar-refractivity contribution >= 4 is 31.3 Å². The van der Waals surface area contributed by atoms with Crippen LogP contribution in [0.15, 0.2) is 24.3 Å². The van der Waals surface area contributed by atoms with E-state index in [2.05, 4.69) is 5.32 Å². The Labute approximate surface area is 240 Å². The molecule has 0 radical (unpaired) electrons. The van der Waals surface area contributed by atoms with Gasteiger partial charge in [0.25, 0.3) is 11.8 Å². The van der Waals surface area contributed by atoms with E-state index in [1.165, 1.54) is 0 Å². The van der Waals surface area contributed by atoms with E-state index in [4.69, 9.17) is 28.8 Å². The smallest absolute Gasteiger partial charge is 0.358 e. The monoisotopic (exact) mass is 600 g/mol. The van der Waals surface area contributed by atoms with E-state index < -0.39 is 43.2 Å². The van der Waals surface area contributed by atoms with Gasteiger partial charge in [-0.1, -0.05) is 24.3 Å². The van der Waals surface area contributed by atoms with E-state index in [9.17, 15) is 23.7 Å². The molecule has 0 saturated carbocycles. The third kappa shape index (κ3) is 14.2. The molecule has 0 unspecified atom stereocenters. The summed E-state index contributed by atoms with van der Waals surface area (Å²) in [7, 11) is -4.13. The Balaban J connectivity index is 1.57. The van der Waals surface area contributed by atoms with Crippen LogP contribution in [0.3, 0.4) is 0 Å². The molecule has 0 spiro atoms. The average molecular weight is 601 g/mol. The van der Waals surface area contributed by atoms with Gasteiger partial charge in [-0.25, -0.2) is 4.79 Å². The molecule has 1 aromatic rings. The second kappa shape index (κ2) is 15.5. The van der Waals surface area contributed by atoms with Crippen LogP contribution in [0.4, 0.5) is 0 Å². The maximum atomic E-state index is 12.2.